The van der Waals surface area contributed by atoms with Crippen LogP contribution in [0.2, 0.25) is 5.15 Å². The molecule has 0 fully saturated rings. The van der Waals surface area contributed by atoms with E-state index in [0.29, 0.717) is 51.9 Å². The summed E-state index contributed by atoms with van der Waals surface area (Å²) < 4.78 is 0. The second-order valence-corrected chi connectivity index (χ2v) is 14.5. The number of nitrogens with zero attached hydrogens (tertiary/aromatic N) is 5. The third-order valence-corrected chi connectivity index (χ3v) is 9.98. The Hall–Kier alpha value is -4.20. The zero-order chi connectivity index (χ0) is 41.9. The standard InChI is InChI=1S/C39H60ClN10O7/c1-2-3-4-9-20-50(22-29(52)32(54)33(55)30(53)23-51)21-10-19-45-28(37(43)56)17-16-25-15-14-24(26-12-5-6-13-27(25)26)11-7-8-18-46-39(44)49-38(57)31-35(41)48-36(42)34(40)47-31/h5-6,12-15,28-30,32-33,51-55H,2-4,7-11,16-23H2,1H3,(H2,43,56)(H4,41,42,48)(H3,44,46,49,57)/q-1. The number of rotatable bonds is 26. The normalized spacial score (nSPS) is 14.7. The Morgan fingerprint density at radius 2 is 1.51 bits per heavy atom. The van der Waals surface area contributed by atoms with E-state index >= 15 is 0 Å². The Morgan fingerprint density at radius 3 is 2.16 bits per heavy atom. The van der Waals surface area contributed by atoms with Crippen molar-refractivity contribution in [2.75, 3.05) is 50.8 Å². The lowest BCUT2D eigenvalue weighted by Gasteiger charge is -2.32. The molecule has 5 unspecified atom stereocenters. The van der Waals surface area contributed by atoms with E-state index in [1.807, 2.05) is 17.0 Å². The third-order valence-electron chi connectivity index (χ3n) is 9.70. The van der Waals surface area contributed by atoms with Gasteiger partial charge in [0.15, 0.2) is 34.3 Å². The summed E-state index contributed by atoms with van der Waals surface area (Å²) in [5.41, 5.74) is 25.0. The van der Waals surface area contributed by atoms with Gasteiger partial charge in [0.1, 0.15) is 18.3 Å². The van der Waals surface area contributed by atoms with Crippen molar-refractivity contribution in [2.45, 2.75) is 102 Å². The number of benzene rings is 2. The Balaban J connectivity index is 1.51. The molecule has 14 N–H and O–H groups in total. The van der Waals surface area contributed by atoms with Gasteiger partial charge in [-0.25, -0.2) is 9.97 Å². The second kappa shape index (κ2) is 24.5. The van der Waals surface area contributed by atoms with Crippen LogP contribution in [-0.4, -0.2) is 128 Å². The first kappa shape index (κ1) is 47.2. The van der Waals surface area contributed by atoms with Crippen LogP contribution >= 0.6 is 11.6 Å². The first-order chi connectivity index (χ1) is 27.3. The molecule has 57 heavy (non-hydrogen) atoms. The number of aliphatic hydroxyl groups excluding tert-OH is 5. The van der Waals surface area contributed by atoms with Crippen LogP contribution in [0, 0.1) is 0 Å². The van der Waals surface area contributed by atoms with Crippen LogP contribution in [0.25, 0.3) is 16.1 Å². The number of primary amides is 1. The zero-order valence-electron chi connectivity index (χ0n) is 32.6. The molecule has 0 aliphatic carbocycles. The number of carbonyl (C=O) groups excluding carboxylic acids is 2. The van der Waals surface area contributed by atoms with E-state index in [0.717, 1.165) is 54.9 Å². The first-order valence-electron chi connectivity index (χ1n) is 19.5. The van der Waals surface area contributed by atoms with Gasteiger partial charge in [0.05, 0.1) is 12.7 Å². The van der Waals surface area contributed by atoms with Gasteiger partial charge < -0.3 is 58.7 Å². The molecule has 17 nitrogen and oxygen atoms in total. The van der Waals surface area contributed by atoms with Crippen molar-refractivity contribution in [3.05, 3.63) is 63.7 Å². The minimum Gasteiger partial charge on any atom is -0.652 e. The van der Waals surface area contributed by atoms with Crippen molar-refractivity contribution in [1.82, 2.24) is 20.2 Å². The molecule has 5 atom stereocenters. The predicted molar refractivity (Wildman–Crippen MR) is 223 cm³/mol. The highest BCUT2D eigenvalue weighted by molar-refractivity contribution is 6.31. The van der Waals surface area contributed by atoms with Crippen molar-refractivity contribution in [1.29, 1.82) is 0 Å². The lowest BCUT2D eigenvalue weighted by Crippen LogP contribution is -2.50. The molecule has 1 aromatic heterocycles. The summed E-state index contributed by atoms with van der Waals surface area (Å²) in [4.78, 5) is 38.8. The SMILES string of the molecule is CCCCCCN(CCC[N-]C(CCc1ccc(CCCCN=C(N)NC(=O)c2nc(Cl)c(N)nc2N)c2ccccc12)C(N)=O)CC(O)C(O)C(O)C(O)CO. The van der Waals surface area contributed by atoms with Crippen LogP contribution in [0.1, 0.15) is 79.9 Å². The van der Waals surface area contributed by atoms with Gasteiger partial charge in [-0.05, 0) is 67.1 Å². The van der Waals surface area contributed by atoms with Crippen LogP contribution in [0.5, 0.6) is 0 Å². The topological polar surface area (TPSA) is 307 Å². The van der Waals surface area contributed by atoms with Crippen LogP contribution in [0.15, 0.2) is 41.4 Å². The number of anilines is 2. The summed E-state index contributed by atoms with van der Waals surface area (Å²) in [7, 11) is 0. The number of aromatic nitrogens is 2. The number of unbranched alkanes of at least 4 members (excludes halogenated alkanes) is 4. The summed E-state index contributed by atoms with van der Waals surface area (Å²) in [6, 6.07) is 11.6. The molecule has 3 aromatic rings. The van der Waals surface area contributed by atoms with Crippen LogP contribution in [-0.2, 0) is 17.6 Å². The van der Waals surface area contributed by atoms with Gasteiger partial charge in [-0.1, -0.05) is 93.1 Å². The summed E-state index contributed by atoms with van der Waals surface area (Å²) >= 11 is 5.86. The number of aliphatic hydroxyl groups is 5. The van der Waals surface area contributed by atoms with E-state index in [-0.39, 0.29) is 35.0 Å². The highest BCUT2D eigenvalue weighted by Gasteiger charge is 2.31. The number of guanidine groups is 1. The lowest BCUT2D eigenvalue weighted by molar-refractivity contribution is -0.119. The first-order valence-corrected chi connectivity index (χ1v) is 19.9. The predicted octanol–water partition coefficient (Wildman–Crippen LogP) is 1.38. The number of aryl methyl sites for hydroxylation is 2. The van der Waals surface area contributed by atoms with E-state index in [1.54, 1.807) is 0 Å². The molecular formula is C39H60ClN10O7-. The highest BCUT2D eigenvalue weighted by atomic mass is 35.5. The number of carbonyl (C=O) groups is 2. The fourth-order valence-electron chi connectivity index (χ4n) is 6.46. The molecule has 18 heteroatoms. The molecule has 1 heterocycles. The zero-order valence-corrected chi connectivity index (χ0v) is 33.4. The van der Waals surface area contributed by atoms with E-state index < -0.39 is 48.9 Å². The smallest absolute Gasteiger partial charge is 0.280 e. The molecule has 2 amide bonds. The van der Waals surface area contributed by atoms with Gasteiger partial charge in [0, 0.05) is 13.1 Å². The second-order valence-electron chi connectivity index (χ2n) is 14.1. The number of aliphatic imine (C=N–C) groups is 1. The molecule has 2 aromatic carbocycles. The quantitative estimate of drug-likeness (QED) is 0.0312. The molecule has 0 saturated heterocycles. The Labute approximate surface area is 338 Å². The minimum absolute atomic E-state index is 0.0575. The summed E-state index contributed by atoms with van der Waals surface area (Å²) in [5, 5.41) is 58.9. The molecule has 0 saturated carbocycles. The Kier molecular flexibility index (Phi) is 20.3. The van der Waals surface area contributed by atoms with Crippen LogP contribution < -0.4 is 28.3 Å². The van der Waals surface area contributed by atoms with Gasteiger partial charge in [-0.3, -0.25) is 19.9 Å². The van der Waals surface area contributed by atoms with Crippen LogP contribution in [0.4, 0.5) is 11.6 Å². The van der Waals surface area contributed by atoms with Gasteiger partial charge >= 0.3 is 0 Å². The minimum atomic E-state index is -1.69. The number of amides is 2. The summed E-state index contributed by atoms with van der Waals surface area (Å²) in [5.74, 6) is -1.56. The van der Waals surface area contributed by atoms with Crippen molar-refractivity contribution in [2.24, 2.45) is 16.5 Å². The molecule has 3 rings (SSSR count). The average molecular weight is 816 g/mol. The van der Waals surface area contributed by atoms with Gasteiger partial charge in [0.25, 0.3) is 5.91 Å². The van der Waals surface area contributed by atoms with E-state index in [4.69, 9.17) is 39.6 Å². The highest BCUT2D eigenvalue weighted by Crippen LogP contribution is 2.26. The molecule has 316 valence electrons. The maximum atomic E-state index is 12.5. The maximum absolute atomic E-state index is 12.5. The number of fused-ring (bicyclic) bond motifs is 1. The van der Waals surface area contributed by atoms with Gasteiger partial charge in [-0.15, -0.1) is 6.54 Å². The molecule has 0 spiro atoms. The molecule has 0 bridgehead atoms. The number of nitrogens with one attached hydrogen (secondary N) is 1. The summed E-state index contributed by atoms with van der Waals surface area (Å²) in [6.45, 7) is 3.36. The number of hydrogen-bond acceptors (Lipinski definition) is 13. The van der Waals surface area contributed by atoms with E-state index in [9.17, 15) is 30.0 Å². The molecule has 0 aliphatic heterocycles. The lowest BCUT2D eigenvalue weighted by atomic mass is 9.93. The number of nitrogens with two attached hydrogens (primary N) is 4. The molecule has 0 radical (unpaired) electrons. The van der Waals surface area contributed by atoms with Gasteiger partial charge in [0.2, 0.25) is 0 Å². The fourth-order valence-corrected chi connectivity index (χ4v) is 6.59. The van der Waals surface area contributed by atoms with Crippen molar-refractivity contribution in [3.63, 3.8) is 0 Å². The Bertz CT molecular complexity index is 1750. The number of nitrogen functional groups attached to an aromatic ring is 2. The van der Waals surface area contributed by atoms with Crippen molar-refractivity contribution in [3.8, 4) is 0 Å². The monoisotopic (exact) mass is 815 g/mol. The largest absolute Gasteiger partial charge is 0.652 e. The van der Waals surface area contributed by atoms with Gasteiger partial charge in [-0.2, -0.15) is 0 Å². The van der Waals surface area contributed by atoms with Crippen molar-refractivity contribution >= 4 is 51.8 Å². The van der Waals surface area contributed by atoms with Crippen LogP contribution in [0.3, 0.4) is 0 Å². The van der Waals surface area contributed by atoms with E-state index in [2.05, 4.69) is 56.8 Å². The fraction of sp³-hybridized carbons (Fsp3) is 0.564. The van der Waals surface area contributed by atoms with E-state index in [1.165, 1.54) is 5.56 Å². The molecule has 0 aliphatic rings. The average Bonchev–Trinajstić information content (AvgIpc) is 3.19. The number of hydrogen-bond donors (Lipinski definition) is 10. The number of halogens is 1. The van der Waals surface area contributed by atoms with Crippen molar-refractivity contribution < 1.29 is 35.1 Å². The molecular weight excluding hydrogens is 756 g/mol. The maximum Gasteiger partial charge on any atom is 0.280 e. The third kappa shape index (κ3) is 15.2. The summed E-state index contributed by atoms with van der Waals surface area (Å²) in [6.07, 6.45) is 1.71. The Morgan fingerprint density at radius 1 is 0.860 bits per heavy atom.